The summed E-state index contributed by atoms with van der Waals surface area (Å²) in [5.74, 6) is 1.95. The van der Waals surface area contributed by atoms with Crippen molar-refractivity contribution in [3.05, 3.63) is 42.4 Å². The Hall–Kier alpha value is -2.08. The zero-order valence-electron chi connectivity index (χ0n) is 14.2. The van der Waals surface area contributed by atoms with Crippen molar-refractivity contribution in [2.24, 2.45) is 0 Å². The lowest BCUT2D eigenvalue weighted by atomic mass is 10.0. The van der Waals surface area contributed by atoms with Crippen LogP contribution in [-0.2, 0) is 6.54 Å². The smallest absolute Gasteiger partial charge is 0.132 e. The molecule has 1 saturated carbocycles. The normalized spacial score (nSPS) is 19.4. The number of piperidine rings is 1. The van der Waals surface area contributed by atoms with Gasteiger partial charge in [-0.25, -0.2) is 19.9 Å². The van der Waals surface area contributed by atoms with Crippen molar-refractivity contribution < 1.29 is 0 Å². The molecule has 0 radical (unpaired) electrons. The van der Waals surface area contributed by atoms with Gasteiger partial charge in [0.1, 0.15) is 18.0 Å². The predicted molar refractivity (Wildman–Crippen MR) is 92.6 cm³/mol. The maximum atomic E-state index is 4.53. The van der Waals surface area contributed by atoms with E-state index < -0.39 is 0 Å². The van der Waals surface area contributed by atoms with Gasteiger partial charge in [0.15, 0.2) is 0 Å². The molecule has 2 fully saturated rings. The molecule has 4 rings (SSSR count). The molecule has 0 unspecified atom stereocenters. The second-order valence-electron chi connectivity index (χ2n) is 6.81. The molecule has 3 heterocycles. The lowest BCUT2D eigenvalue weighted by molar-refractivity contribution is 0.198. The van der Waals surface area contributed by atoms with Crippen molar-refractivity contribution in [3.63, 3.8) is 0 Å². The fourth-order valence-electron chi connectivity index (χ4n) is 3.64. The minimum absolute atomic E-state index is 0.593. The van der Waals surface area contributed by atoms with Crippen LogP contribution in [0.3, 0.4) is 0 Å². The van der Waals surface area contributed by atoms with Crippen LogP contribution in [0, 0.1) is 6.92 Å². The lowest BCUT2D eigenvalue weighted by Crippen LogP contribution is -2.46. The van der Waals surface area contributed by atoms with E-state index in [-0.39, 0.29) is 0 Å². The Bertz CT molecular complexity index is 664. The van der Waals surface area contributed by atoms with E-state index >= 15 is 0 Å². The number of nitrogens with zero attached hydrogens (tertiary/aromatic N) is 6. The molecule has 6 nitrogen and oxygen atoms in total. The molecule has 1 saturated heterocycles. The summed E-state index contributed by atoms with van der Waals surface area (Å²) in [5, 5.41) is 0. The summed E-state index contributed by atoms with van der Waals surface area (Å²) in [6.07, 6.45) is 10.3. The van der Waals surface area contributed by atoms with Crippen LogP contribution in [0.15, 0.2) is 30.9 Å². The largest absolute Gasteiger partial charge is 0.350 e. The van der Waals surface area contributed by atoms with E-state index in [1.54, 1.807) is 6.33 Å². The second kappa shape index (κ2) is 6.81. The van der Waals surface area contributed by atoms with Gasteiger partial charge in [0.2, 0.25) is 0 Å². The third-order valence-corrected chi connectivity index (χ3v) is 4.94. The first kappa shape index (κ1) is 15.4. The van der Waals surface area contributed by atoms with Gasteiger partial charge >= 0.3 is 0 Å². The average molecular weight is 324 g/mol. The van der Waals surface area contributed by atoms with E-state index in [0.29, 0.717) is 12.1 Å². The molecule has 2 aromatic heterocycles. The SMILES string of the molecule is Cc1nccc(CN2CCC(N(c3ccncn3)C3CC3)CC2)n1. The standard InChI is InChI=1S/C18H24N6/c1-14-20-9-4-15(22-14)12-23-10-6-17(7-11-23)24(16-2-3-16)18-5-8-19-13-21-18/h4-5,8-9,13,16-17H,2-3,6-7,10-12H2,1H3. The van der Waals surface area contributed by atoms with Gasteiger partial charge in [0, 0.05) is 44.1 Å². The predicted octanol–water partition coefficient (Wildman–Crippen LogP) is 2.21. The molecular formula is C18H24N6. The second-order valence-corrected chi connectivity index (χ2v) is 6.81. The zero-order valence-corrected chi connectivity index (χ0v) is 14.2. The van der Waals surface area contributed by atoms with Crippen LogP contribution in [-0.4, -0.2) is 50.0 Å². The maximum Gasteiger partial charge on any atom is 0.132 e. The topological polar surface area (TPSA) is 58.0 Å². The number of aromatic nitrogens is 4. The first-order valence-corrected chi connectivity index (χ1v) is 8.85. The van der Waals surface area contributed by atoms with Gasteiger partial charge in [-0.2, -0.15) is 0 Å². The van der Waals surface area contributed by atoms with Crippen LogP contribution < -0.4 is 4.90 Å². The van der Waals surface area contributed by atoms with Crippen molar-refractivity contribution in [2.45, 2.75) is 51.2 Å². The van der Waals surface area contributed by atoms with Gasteiger partial charge in [-0.05, 0) is 44.7 Å². The van der Waals surface area contributed by atoms with E-state index in [0.717, 1.165) is 37.0 Å². The molecule has 2 aliphatic rings. The number of hydrogen-bond acceptors (Lipinski definition) is 6. The molecule has 1 aliphatic heterocycles. The van der Waals surface area contributed by atoms with Gasteiger partial charge in [-0.3, -0.25) is 4.90 Å². The molecular weight excluding hydrogens is 300 g/mol. The van der Waals surface area contributed by atoms with E-state index in [1.807, 2.05) is 31.5 Å². The Morgan fingerprint density at radius 1 is 1.04 bits per heavy atom. The molecule has 0 aromatic carbocycles. The quantitative estimate of drug-likeness (QED) is 0.840. The number of rotatable bonds is 5. The highest BCUT2D eigenvalue weighted by atomic mass is 15.3. The van der Waals surface area contributed by atoms with Crippen LogP contribution >= 0.6 is 0 Å². The minimum Gasteiger partial charge on any atom is -0.350 e. The van der Waals surface area contributed by atoms with Crippen LogP contribution in [0.1, 0.15) is 37.2 Å². The van der Waals surface area contributed by atoms with E-state index in [2.05, 4.69) is 29.7 Å². The van der Waals surface area contributed by atoms with Crippen molar-refractivity contribution in [2.75, 3.05) is 18.0 Å². The highest BCUT2D eigenvalue weighted by Crippen LogP contribution is 2.35. The minimum atomic E-state index is 0.593. The van der Waals surface area contributed by atoms with Crippen molar-refractivity contribution in [1.82, 2.24) is 24.8 Å². The summed E-state index contributed by atoms with van der Waals surface area (Å²) >= 11 is 0. The molecule has 0 bridgehead atoms. The maximum absolute atomic E-state index is 4.53. The number of hydrogen-bond donors (Lipinski definition) is 0. The summed E-state index contributed by atoms with van der Waals surface area (Å²) in [5.41, 5.74) is 1.12. The van der Waals surface area contributed by atoms with Crippen molar-refractivity contribution in [1.29, 1.82) is 0 Å². The number of anilines is 1. The van der Waals surface area contributed by atoms with E-state index in [1.165, 1.54) is 25.7 Å². The summed E-state index contributed by atoms with van der Waals surface area (Å²) < 4.78 is 0. The van der Waals surface area contributed by atoms with Gasteiger partial charge in [-0.15, -0.1) is 0 Å². The fraction of sp³-hybridized carbons (Fsp3) is 0.556. The molecule has 24 heavy (non-hydrogen) atoms. The summed E-state index contributed by atoms with van der Waals surface area (Å²) in [6, 6.07) is 5.35. The molecule has 1 aliphatic carbocycles. The van der Waals surface area contributed by atoms with Gasteiger partial charge in [0.25, 0.3) is 0 Å². The van der Waals surface area contributed by atoms with Crippen LogP contribution in [0.4, 0.5) is 5.82 Å². The number of aryl methyl sites for hydroxylation is 1. The summed E-state index contributed by atoms with van der Waals surface area (Å²) in [7, 11) is 0. The molecule has 126 valence electrons. The highest BCUT2D eigenvalue weighted by molar-refractivity contribution is 5.41. The van der Waals surface area contributed by atoms with Gasteiger partial charge < -0.3 is 4.90 Å². The Kier molecular flexibility index (Phi) is 4.38. The van der Waals surface area contributed by atoms with Crippen molar-refractivity contribution in [3.8, 4) is 0 Å². The van der Waals surface area contributed by atoms with E-state index in [4.69, 9.17) is 0 Å². The van der Waals surface area contributed by atoms with Crippen LogP contribution in [0.25, 0.3) is 0 Å². The molecule has 0 spiro atoms. The first-order chi connectivity index (χ1) is 11.8. The third kappa shape index (κ3) is 3.53. The Balaban J connectivity index is 1.38. The first-order valence-electron chi connectivity index (χ1n) is 8.85. The molecule has 6 heteroatoms. The lowest BCUT2D eigenvalue weighted by Gasteiger charge is -2.39. The Labute approximate surface area is 143 Å². The third-order valence-electron chi connectivity index (χ3n) is 4.94. The number of likely N-dealkylation sites (tertiary alicyclic amines) is 1. The summed E-state index contributed by atoms with van der Waals surface area (Å²) in [6.45, 7) is 5.10. The average Bonchev–Trinajstić information content (AvgIpc) is 3.43. The summed E-state index contributed by atoms with van der Waals surface area (Å²) in [4.78, 5) is 22.3. The van der Waals surface area contributed by atoms with Gasteiger partial charge in [-0.1, -0.05) is 0 Å². The molecule has 0 N–H and O–H groups in total. The van der Waals surface area contributed by atoms with E-state index in [9.17, 15) is 0 Å². The Morgan fingerprint density at radius 3 is 2.50 bits per heavy atom. The fourth-order valence-corrected chi connectivity index (χ4v) is 3.64. The Morgan fingerprint density at radius 2 is 1.83 bits per heavy atom. The molecule has 2 aromatic rings. The monoisotopic (exact) mass is 324 g/mol. The van der Waals surface area contributed by atoms with Gasteiger partial charge in [0.05, 0.1) is 5.69 Å². The molecule has 0 amide bonds. The molecule has 0 atom stereocenters. The zero-order chi connectivity index (χ0) is 16.4. The highest BCUT2D eigenvalue weighted by Gasteiger charge is 2.36. The van der Waals surface area contributed by atoms with Crippen LogP contribution in [0.2, 0.25) is 0 Å². The van der Waals surface area contributed by atoms with Crippen LogP contribution in [0.5, 0.6) is 0 Å². The van der Waals surface area contributed by atoms with Crippen molar-refractivity contribution >= 4 is 5.82 Å².